The van der Waals surface area contributed by atoms with E-state index in [4.69, 9.17) is 0 Å². The molecule has 1 aliphatic rings. The van der Waals surface area contributed by atoms with Gasteiger partial charge in [-0.05, 0) is 12.3 Å². The van der Waals surface area contributed by atoms with Crippen LogP contribution in [0, 0.1) is 5.92 Å². The van der Waals surface area contributed by atoms with Gasteiger partial charge in [0, 0.05) is 17.5 Å². The number of hydrogen-bond donors (Lipinski definition) is 2. The molecule has 5 heteroatoms. The lowest BCUT2D eigenvalue weighted by atomic mass is 10.0. The summed E-state index contributed by atoms with van der Waals surface area (Å²) in [6.45, 7) is 1.24. The molecule has 0 unspecified atom stereocenters. The van der Waals surface area contributed by atoms with Crippen molar-refractivity contribution in [1.29, 1.82) is 0 Å². The topological polar surface area (TPSA) is 54.0 Å². The standard InChI is InChI=1S/C18H23N3OS/c22-18(19-11-10-14-6-4-5-7-14)20-12-16-13-23-17(21-16)15-8-2-1-3-9-15/h1-3,8-9,13-14H,4-7,10-12H2,(H2,19,20,22). The first-order valence-electron chi connectivity index (χ1n) is 8.33. The molecule has 1 fully saturated rings. The number of benzene rings is 1. The molecule has 4 nitrogen and oxygen atoms in total. The Hall–Kier alpha value is -1.88. The Bertz CT molecular complexity index is 620. The lowest BCUT2D eigenvalue weighted by Gasteiger charge is -2.10. The molecule has 23 heavy (non-hydrogen) atoms. The van der Waals surface area contributed by atoms with Crippen molar-refractivity contribution in [1.82, 2.24) is 15.6 Å². The number of carbonyl (C=O) groups excluding carboxylic acids is 1. The molecule has 2 N–H and O–H groups in total. The SMILES string of the molecule is O=C(NCCC1CCCC1)NCc1csc(-c2ccccc2)n1. The molecule has 122 valence electrons. The molecule has 3 rings (SSSR count). The van der Waals surface area contributed by atoms with Crippen LogP contribution in [0.1, 0.15) is 37.8 Å². The minimum atomic E-state index is -0.0998. The number of amides is 2. The molecule has 2 aromatic rings. The van der Waals surface area contributed by atoms with Crippen molar-refractivity contribution < 1.29 is 4.79 Å². The number of aromatic nitrogens is 1. The zero-order valence-corrected chi connectivity index (χ0v) is 14.1. The van der Waals surface area contributed by atoms with Crippen LogP contribution in [0.25, 0.3) is 10.6 Å². The van der Waals surface area contributed by atoms with Crippen LogP contribution in [0.2, 0.25) is 0 Å². The fraction of sp³-hybridized carbons (Fsp3) is 0.444. The lowest BCUT2D eigenvalue weighted by Crippen LogP contribution is -2.36. The fourth-order valence-electron chi connectivity index (χ4n) is 3.02. The van der Waals surface area contributed by atoms with E-state index >= 15 is 0 Å². The third-order valence-corrected chi connectivity index (χ3v) is 5.26. The van der Waals surface area contributed by atoms with Gasteiger partial charge in [-0.15, -0.1) is 11.3 Å². The van der Waals surface area contributed by atoms with Crippen LogP contribution in [0.15, 0.2) is 35.7 Å². The summed E-state index contributed by atoms with van der Waals surface area (Å²) in [6.07, 6.45) is 6.45. The van der Waals surface area contributed by atoms with Crippen molar-refractivity contribution in [3.63, 3.8) is 0 Å². The Labute approximate surface area is 141 Å². The first-order valence-corrected chi connectivity index (χ1v) is 9.21. The van der Waals surface area contributed by atoms with Crippen molar-refractivity contribution in [3.05, 3.63) is 41.4 Å². The molecule has 0 bridgehead atoms. The van der Waals surface area contributed by atoms with Crippen molar-refractivity contribution in [2.24, 2.45) is 5.92 Å². The maximum absolute atomic E-state index is 11.8. The number of rotatable bonds is 6. The van der Waals surface area contributed by atoms with Crippen LogP contribution in [0.5, 0.6) is 0 Å². The summed E-state index contributed by atoms with van der Waals surface area (Å²) in [7, 11) is 0. The van der Waals surface area contributed by atoms with E-state index in [1.807, 2.05) is 35.7 Å². The predicted octanol–water partition coefficient (Wildman–Crippen LogP) is 4.19. The average Bonchev–Trinajstić information content (AvgIpc) is 3.25. The van der Waals surface area contributed by atoms with Crippen LogP contribution in [0.3, 0.4) is 0 Å². The molecule has 0 atom stereocenters. The monoisotopic (exact) mass is 329 g/mol. The average molecular weight is 329 g/mol. The predicted molar refractivity (Wildman–Crippen MR) is 94.4 cm³/mol. The highest BCUT2D eigenvalue weighted by Crippen LogP contribution is 2.27. The van der Waals surface area contributed by atoms with Gasteiger partial charge in [0.05, 0.1) is 12.2 Å². The molecular weight excluding hydrogens is 306 g/mol. The van der Waals surface area contributed by atoms with Crippen LogP contribution in [-0.2, 0) is 6.54 Å². The summed E-state index contributed by atoms with van der Waals surface area (Å²) in [5, 5.41) is 8.82. The van der Waals surface area contributed by atoms with Gasteiger partial charge in [-0.25, -0.2) is 9.78 Å². The molecule has 1 aliphatic carbocycles. The highest BCUT2D eigenvalue weighted by molar-refractivity contribution is 7.13. The van der Waals surface area contributed by atoms with Gasteiger partial charge in [0.25, 0.3) is 0 Å². The fourth-order valence-corrected chi connectivity index (χ4v) is 3.85. The molecule has 2 amide bonds. The quantitative estimate of drug-likeness (QED) is 0.835. The van der Waals surface area contributed by atoms with Gasteiger partial charge in [0.2, 0.25) is 0 Å². The number of thiazole rings is 1. The van der Waals surface area contributed by atoms with Crippen molar-refractivity contribution in [2.45, 2.75) is 38.6 Å². The minimum Gasteiger partial charge on any atom is -0.338 e. The molecule has 0 saturated heterocycles. The largest absolute Gasteiger partial charge is 0.338 e. The summed E-state index contributed by atoms with van der Waals surface area (Å²) >= 11 is 1.61. The molecule has 1 aromatic carbocycles. The first-order chi connectivity index (χ1) is 11.3. The highest BCUT2D eigenvalue weighted by atomic mass is 32.1. The molecule has 1 aromatic heterocycles. The van der Waals surface area contributed by atoms with E-state index in [9.17, 15) is 4.79 Å². The molecular formula is C18H23N3OS. The summed E-state index contributed by atoms with van der Waals surface area (Å²) in [5.41, 5.74) is 2.02. The minimum absolute atomic E-state index is 0.0998. The Morgan fingerprint density at radius 2 is 1.96 bits per heavy atom. The van der Waals surface area contributed by atoms with E-state index in [0.717, 1.165) is 35.1 Å². The smallest absolute Gasteiger partial charge is 0.315 e. The molecule has 1 heterocycles. The molecule has 0 radical (unpaired) electrons. The van der Waals surface area contributed by atoms with E-state index < -0.39 is 0 Å². The number of urea groups is 1. The molecule has 0 aliphatic heterocycles. The van der Waals surface area contributed by atoms with Gasteiger partial charge in [0.15, 0.2) is 0 Å². The van der Waals surface area contributed by atoms with Gasteiger partial charge in [-0.2, -0.15) is 0 Å². The zero-order valence-electron chi connectivity index (χ0n) is 13.3. The summed E-state index contributed by atoms with van der Waals surface area (Å²) < 4.78 is 0. The summed E-state index contributed by atoms with van der Waals surface area (Å²) in [5.74, 6) is 0.808. The molecule has 0 spiro atoms. The Morgan fingerprint density at radius 3 is 2.74 bits per heavy atom. The van der Waals surface area contributed by atoms with E-state index in [0.29, 0.717) is 6.54 Å². The van der Waals surface area contributed by atoms with Gasteiger partial charge in [-0.3, -0.25) is 0 Å². The Kier molecular flexibility index (Phi) is 5.64. The van der Waals surface area contributed by atoms with Crippen LogP contribution >= 0.6 is 11.3 Å². The van der Waals surface area contributed by atoms with Crippen molar-refractivity contribution in [2.75, 3.05) is 6.54 Å². The normalized spacial score (nSPS) is 14.8. The van der Waals surface area contributed by atoms with Gasteiger partial charge in [-0.1, -0.05) is 56.0 Å². The van der Waals surface area contributed by atoms with Crippen LogP contribution < -0.4 is 10.6 Å². The zero-order chi connectivity index (χ0) is 15.9. The van der Waals surface area contributed by atoms with E-state index in [1.165, 1.54) is 25.7 Å². The van der Waals surface area contributed by atoms with E-state index in [2.05, 4.69) is 15.6 Å². The summed E-state index contributed by atoms with van der Waals surface area (Å²) in [6, 6.07) is 10.0. The third-order valence-electron chi connectivity index (χ3n) is 4.32. The first kappa shape index (κ1) is 16.0. The number of nitrogens with one attached hydrogen (secondary N) is 2. The number of hydrogen-bond acceptors (Lipinski definition) is 3. The second-order valence-electron chi connectivity index (χ2n) is 6.06. The Morgan fingerprint density at radius 1 is 1.17 bits per heavy atom. The second kappa shape index (κ2) is 8.11. The van der Waals surface area contributed by atoms with Crippen LogP contribution in [0.4, 0.5) is 4.79 Å². The van der Waals surface area contributed by atoms with Crippen molar-refractivity contribution >= 4 is 17.4 Å². The third kappa shape index (κ3) is 4.79. The maximum atomic E-state index is 11.8. The van der Waals surface area contributed by atoms with Crippen LogP contribution in [-0.4, -0.2) is 17.6 Å². The highest BCUT2D eigenvalue weighted by Gasteiger charge is 2.14. The van der Waals surface area contributed by atoms with Gasteiger partial charge in [0.1, 0.15) is 5.01 Å². The summed E-state index contributed by atoms with van der Waals surface area (Å²) in [4.78, 5) is 16.4. The number of carbonyl (C=O) groups is 1. The van der Waals surface area contributed by atoms with Gasteiger partial charge >= 0.3 is 6.03 Å². The van der Waals surface area contributed by atoms with Crippen molar-refractivity contribution in [3.8, 4) is 10.6 Å². The molecule has 1 saturated carbocycles. The lowest BCUT2D eigenvalue weighted by molar-refractivity contribution is 0.239. The Balaban J connectivity index is 1.40. The van der Waals surface area contributed by atoms with E-state index in [-0.39, 0.29) is 6.03 Å². The maximum Gasteiger partial charge on any atom is 0.315 e. The van der Waals surface area contributed by atoms with Gasteiger partial charge < -0.3 is 10.6 Å². The second-order valence-corrected chi connectivity index (χ2v) is 6.92. The van der Waals surface area contributed by atoms with E-state index in [1.54, 1.807) is 11.3 Å². The number of nitrogens with zero attached hydrogens (tertiary/aromatic N) is 1.